The zero-order valence-electron chi connectivity index (χ0n) is 11.6. The smallest absolute Gasteiger partial charge is 0.127 e. The molecule has 0 heterocycles. The molecule has 21 heavy (non-hydrogen) atoms. The molecule has 0 aliphatic heterocycles. The van der Waals surface area contributed by atoms with Crippen molar-refractivity contribution < 1.29 is 18.6 Å². The number of benzene rings is 2. The largest absolute Gasteiger partial charge is 0.497 e. The summed E-state index contributed by atoms with van der Waals surface area (Å²) in [6, 6.07) is 10.1. The van der Waals surface area contributed by atoms with E-state index in [1.54, 1.807) is 25.3 Å². The highest BCUT2D eigenvalue weighted by atomic mass is 19.1. The standard InChI is InChI=1S/C16H17F2NO2/c1-21-14-4-2-3-11(8-14)16(10-20)19-9-12-7-13(17)5-6-15(12)18/h2-8,16,19-20H,9-10H2,1H3. The molecule has 2 N–H and O–H groups in total. The van der Waals surface area contributed by atoms with E-state index in [0.717, 1.165) is 23.8 Å². The third-order valence-electron chi connectivity index (χ3n) is 3.23. The van der Waals surface area contributed by atoms with E-state index in [1.165, 1.54) is 0 Å². The first-order chi connectivity index (χ1) is 10.1. The SMILES string of the molecule is COc1cccc(C(CO)NCc2cc(F)ccc2F)c1. The average molecular weight is 293 g/mol. The fourth-order valence-corrected chi connectivity index (χ4v) is 2.06. The minimum atomic E-state index is -0.491. The third-order valence-corrected chi connectivity index (χ3v) is 3.23. The molecule has 0 aromatic heterocycles. The second-order valence-electron chi connectivity index (χ2n) is 4.63. The summed E-state index contributed by atoms with van der Waals surface area (Å²) < 4.78 is 31.8. The fraction of sp³-hybridized carbons (Fsp3) is 0.250. The molecule has 0 saturated carbocycles. The van der Waals surface area contributed by atoms with Gasteiger partial charge in [-0.2, -0.15) is 0 Å². The van der Waals surface area contributed by atoms with Crippen LogP contribution in [0.25, 0.3) is 0 Å². The van der Waals surface area contributed by atoms with Crippen molar-refractivity contribution in [1.82, 2.24) is 5.32 Å². The highest BCUT2D eigenvalue weighted by molar-refractivity contribution is 5.30. The Hall–Kier alpha value is -1.98. The first-order valence-electron chi connectivity index (χ1n) is 6.56. The quantitative estimate of drug-likeness (QED) is 0.860. The Balaban J connectivity index is 2.10. The van der Waals surface area contributed by atoms with Crippen LogP contribution in [0.3, 0.4) is 0 Å². The van der Waals surface area contributed by atoms with Gasteiger partial charge in [-0.05, 0) is 35.9 Å². The Kier molecular flexibility index (Phi) is 5.25. The molecule has 5 heteroatoms. The summed E-state index contributed by atoms with van der Waals surface area (Å²) >= 11 is 0. The molecule has 0 fully saturated rings. The number of halogens is 2. The number of nitrogens with one attached hydrogen (secondary N) is 1. The predicted molar refractivity (Wildman–Crippen MR) is 76.0 cm³/mol. The summed E-state index contributed by atoms with van der Waals surface area (Å²) in [4.78, 5) is 0. The van der Waals surface area contributed by atoms with E-state index in [0.29, 0.717) is 5.75 Å². The van der Waals surface area contributed by atoms with Gasteiger partial charge < -0.3 is 15.2 Å². The molecule has 0 spiro atoms. The van der Waals surface area contributed by atoms with Gasteiger partial charge in [0.25, 0.3) is 0 Å². The Bertz CT molecular complexity index is 605. The molecule has 112 valence electrons. The first kappa shape index (κ1) is 15.4. The van der Waals surface area contributed by atoms with Crippen molar-refractivity contribution in [3.63, 3.8) is 0 Å². The van der Waals surface area contributed by atoms with Crippen molar-refractivity contribution in [2.75, 3.05) is 13.7 Å². The summed E-state index contributed by atoms with van der Waals surface area (Å²) in [6.45, 7) is -0.0455. The normalized spacial score (nSPS) is 12.2. The van der Waals surface area contributed by atoms with E-state index in [9.17, 15) is 13.9 Å². The number of rotatable bonds is 6. The van der Waals surface area contributed by atoms with E-state index >= 15 is 0 Å². The Morgan fingerprint density at radius 2 is 2.00 bits per heavy atom. The van der Waals surface area contributed by atoms with E-state index in [2.05, 4.69) is 5.32 Å². The van der Waals surface area contributed by atoms with E-state index in [1.807, 2.05) is 6.07 Å². The Morgan fingerprint density at radius 1 is 1.19 bits per heavy atom. The number of aliphatic hydroxyl groups is 1. The second-order valence-corrected chi connectivity index (χ2v) is 4.63. The summed E-state index contributed by atoms with van der Waals surface area (Å²) in [6.07, 6.45) is 0. The topological polar surface area (TPSA) is 41.5 Å². The van der Waals surface area contributed by atoms with Gasteiger partial charge in [0.2, 0.25) is 0 Å². The minimum absolute atomic E-state index is 0.117. The monoisotopic (exact) mass is 293 g/mol. The molecule has 1 unspecified atom stereocenters. The minimum Gasteiger partial charge on any atom is -0.497 e. The lowest BCUT2D eigenvalue weighted by atomic mass is 10.1. The van der Waals surface area contributed by atoms with Gasteiger partial charge in [-0.1, -0.05) is 12.1 Å². The van der Waals surface area contributed by atoms with Gasteiger partial charge in [0, 0.05) is 12.1 Å². The van der Waals surface area contributed by atoms with E-state index in [4.69, 9.17) is 4.74 Å². The highest BCUT2D eigenvalue weighted by Gasteiger charge is 2.12. The molecule has 0 bridgehead atoms. The lowest BCUT2D eigenvalue weighted by Crippen LogP contribution is -2.24. The Morgan fingerprint density at radius 3 is 2.71 bits per heavy atom. The molecule has 2 rings (SSSR count). The first-order valence-corrected chi connectivity index (χ1v) is 6.56. The maximum absolute atomic E-state index is 13.6. The highest BCUT2D eigenvalue weighted by Crippen LogP contribution is 2.20. The van der Waals surface area contributed by atoms with Gasteiger partial charge in [-0.25, -0.2) is 8.78 Å². The Labute approximate surface area is 122 Å². The molecular formula is C16H17F2NO2. The molecule has 0 amide bonds. The van der Waals surface area contributed by atoms with E-state index in [-0.39, 0.29) is 24.8 Å². The fourth-order valence-electron chi connectivity index (χ4n) is 2.06. The molecule has 0 aliphatic rings. The maximum atomic E-state index is 13.6. The third kappa shape index (κ3) is 4.00. The van der Waals surface area contributed by atoms with Gasteiger partial charge in [0.05, 0.1) is 19.8 Å². The van der Waals surface area contributed by atoms with Crippen LogP contribution in [0.4, 0.5) is 8.78 Å². The van der Waals surface area contributed by atoms with Crippen LogP contribution in [0.2, 0.25) is 0 Å². The number of aliphatic hydroxyl groups excluding tert-OH is 1. The van der Waals surface area contributed by atoms with Gasteiger partial charge in [-0.15, -0.1) is 0 Å². The summed E-state index contributed by atoms with van der Waals surface area (Å²) in [7, 11) is 1.56. The lowest BCUT2D eigenvalue weighted by Gasteiger charge is -2.17. The van der Waals surface area contributed by atoms with Crippen LogP contribution in [-0.2, 0) is 6.54 Å². The van der Waals surface area contributed by atoms with Crippen molar-refractivity contribution >= 4 is 0 Å². The van der Waals surface area contributed by atoms with Crippen molar-refractivity contribution in [2.24, 2.45) is 0 Å². The number of ether oxygens (including phenoxy) is 1. The van der Waals surface area contributed by atoms with E-state index < -0.39 is 11.6 Å². The number of methoxy groups -OCH3 is 1. The number of hydrogen-bond donors (Lipinski definition) is 2. The lowest BCUT2D eigenvalue weighted by molar-refractivity contribution is 0.243. The van der Waals surface area contributed by atoms with Crippen LogP contribution < -0.4 is 10.1 Å². The van der Waals surface area contributed by atoms with Crippen LogP contribution in [0.5, 0.6) is 5.75 Å². The van der Waals surface area contributed by atoms with Crippen LogP contribution >= 0.6 is 0 Å². The molecule has 0 saturated heterocycles. The average Bonchev–Trinajstić information content (AvgIpc) is 2.51. The molecule has 0 radical (unpaired) electrons. The molecule has 1 atom stereocenters. The van der Waals surface area contributed by atoms with Crippen LogP contribution in [-0.4, -0.2) is 18.8 Å². The molecule has 3 nitrogen and oxygen atoms in total. The zero-order valence-corrected chi connectivity index (χ0v) is 11.6. The zero-order chi connectivity index (χ0) is 15.2. The van der Waals surface area contributed by atoms with Gasteiger partial charge >= 0.3 is 0 Å². The maximum Gasteiger partial charge on any atom is 0.127 e. The van der Waals surface area contributed by atoms with Gasteiger partial charge in [0.1, 0.15) is 17.4 Å². The van der Waals surface area contributed by atoms with Crippen molar-refractivity contribution in [3.8, 4) is 5.75 Å². The molecule has 0 aliphatic carbocycles. The van der Waals surface area contributed by atoms with Crippen molar-refractivity contribution in [2.45, 2.75) is 12.6 Å². The van der Waals surface area contributed by atoms with Crippen LogP contribution in [0.1, 0.15) is 17.2 Å². The van der Waals surface area contributed by atoms with Crippen molar-refractivity contribution in [1.29, 1.82) is 0 Å². The summed E-state index contributed by atoms with van der Waals surface area (Å²) in [5.74, 6) is -0.300. The number of hydrogen-bond acceptors (Lipinski definition) is 3. The van der Waals surface area contributed by atoms with Crippen LogP contribution in [0.15, 0.2) is 42.5 Å². The predicted octanol–water partition coefficient (Wildman–Crippen LogP) is 2.80. The van der Waals surface area contributed by atoms with Crippen molar-refractivity contribution in [3.05, 3.63) is 65.2 Å². The summed E-state index contributed by atoms with van der Waals surface area (Å²) in [5, 5.41) is 12.5. The molecule has 2 aromatic rings. The van der Waals surface area contributed by atoms with Gasteiger partial charge in [0.15, 0.2) is 0 Å². The van der Waals surface area contributed by atoms with Crippen LogP contribution in [0, 0.1) is 11.6 Å². The molecule has 2 aromatic carbocycles. The molecular weight excluding hydrogens is 276 g/mol. The second kappa shape index (κ2) is 7.15. The summed E-state index contributed by atoms with van der Waals surface area (Å²) in [5.41, 5.74) is 1.03. The van der Waals surface area contributed by atoms with Gasteiger partial charge in [-0.3, -0.25) is 0 Å².